The minimum absolute atomic E-state index is 0. The molecule has 0 aromatic rings. The van der Waals surface area contributed by atoms with E-state index in [1.165, 1.54) is 6.42 Å². The number of amides is 1. The quantitative estimate of drug-likeness (QED) is 0.375. The Morgan fingerprint density at radius 1 is 1.15 bits per heavy atom. The number of rotatable bonds is 3. The van der Waals surface area contributed by atoms with Gasteiger partial charge in [-0.1, -0.05) is 0 Å². The standard InChI is InChI=1S/C18H32N4O3.HI/c1-21(2)16(23)13-19-17(20-15-3-9-24-10-4-15)22-8-5-18(14-22)6-11-25-12-7-18;/h15H,3-14H2,1-2H3,(H,19,20);1H. The summed E-state index contributed by atoms with van der Waals surface area (Å²) in [5.74, 6) is 0.928. The van der Waals surface area contributed by atoms with Crippen LogP contribution in [0.1, 0.15) is 32.1 Å². The van der Waals surface area contributed by atoms with E-state index in [0.29, 0.717) is 11.5 Å². The van der Waals surface area contributed by atoms with E-state index in [1.54, 1.807) is 19.0 Å². The number of hydrogen-bond acceptors (Lipinski definition) is 4. The van der Waals surface area contributed by atoms with E-state index in [1.807, 2.05) is 0 Å². The molecule has 3 rings (SSSR count). The monoisotopic (exact) mass is 480 g/mol. The van der Waals surface area contributed by atoms with Crippen LogP contribution >= 0.6 is 24.0 Å². The number of carbonyl (C=O) groups is 1. The van der Waals surface area contributed by atoms with E-state index in [0.717, 1.165) is 71.2 Å². The van der Waals surface area contributed by atoms with Gasteiger partial charge in [0.25, 0.3) is 0 Å². The molecule has 7 nitrogen and oxygen atoms in total. The van der Waals surface area contributed by atoms with Gasteiger partial charge in [-0.25, -0.2) is 4.99 Å². The predicted octanol–water partition coefficient (Wildman–Crippen LogP) is 1.32. The lowest BCUT2D eigenvalue weighted by Crippen LogP contribution is -2.48. The first-order valence-electron chi connectivity index (χ1n) is 9.50. The Balaban J connectivity index is 0.00000243. The van der Waals surface area contributed by atoms with E-state index in [2.05, 4.69) is 15.2 Å². The number of nitrogens with zero attached hydrogens (tertiary/aromatic N) is 3. The number of guanidine groups is 1. The van der Waals surface area contributed by atoms with Gasteiger partial charge in [0.2, 0.25) is 5.91 Å². The average Bonchev–Trinajstić information content (AvgIpc) is 3.03. The van der Waals surface area contributed by atoms with Crippen LogP contribution in [0.3, 0.4) is 0 Å². The lowest BCUT2D eigenvalue weighted by Gasteiger charge is -2.34. The number of carbonyl (C=O) groups excluding carboxylic acids is 1. The first kappa shape index (κ1) is 21.7. The lowest BCUT2D eigenvalue weighted by atomic mass is 9.80. The summed E-state index contributed by atoms with van der Waals surface area (Å²) in [6.07, 6.45) is 5.43. The summed E-state index contributed by atoms with van der Waals surface area (Å²) < 4.78 is 11.0. The minimum atomic E-state index is 0. The van der Waals surface area contributed by atoms with Crippen LogP contribution in [0.25, 0.3) is 0 Å². The molecule has 3 heterocycles. The molecule has 1 N–H and O–H groups in total. The fourth-order valence-electron chi connectivity index (χ4n) is 3.87. The molecule has 0 aromatic carbocycles. The molecule has 3 saturated heterocycles. The third-order valence-corrected chi connectivity index (χ3v) is 5.71. The van der Waals surface area contributed by atoms with Gasteiger partial charge in [-0.15, -0.1) is 24.0 Å². The Bertz CT molecular complexity index is 489. The van der Waals surface area contributed by atoms with Crippen molar-refractivity contribution in [3.05, 3.63) is 0 Å². The second-order valence-corrected chi connectivity index (χ2v) is 7.74. The molecule has 0 atom stereocenters. The van der Waals surface area contributed by atoms with Crippen molar-refractivity contribution in [1.82, 2.24) is 15.1 Å². The van der Waals surface area contributed by atoms with Gasteiger partial charge in [-0.05, 0) is 37.5 Å². The largest absolute Gasteiger partial charge is 0.381 e. The van der Waals surface area contributed by atoms with Gasteiger partial charge in [0.15, 0.2) is 5.96 Å². The van der Waals surface area contributed by atoms with Crippen molar-refractivity contribution in [3.63, 3.8) is 0 Å². The molecule has 0 bridgehead atoms. The minimum Gasteiger partial charge on any atom is -0.381 e. The molecule has 3 aliphatic heterocycles. The second-order valence-electron chi connectivity index (χ2n) is 7.74. The van der Waals surface area contributed by atoms with Crippen LogP contribution in [-0.4, -0.2) is 87.9 Å². The van der Waals surface area contributed by atoms with Crippen LogP contribution in [0, 0.1) is 5.41 Å². The molecule has 8 heteroatoms. The van der Waals surface area contributed by atoms with Crippen LogP contribution < -0.4 is 5.32 Å². The van der Waals surface area contributed by atoms with Crippen LogP contribution in [0.2, 0.25) is 0 Å². The molecule has 1 spiro atoms. The Hall–Kier alpha value is -0.610. The van der Waals surface area contributed by atoms with E-state index >= 15 is 0 Å². The molecule has 150 valence electrons. The van der Waals surface area contributed by atoms with Crippen LogP contribution in [0.5, 0.6) is 0 Å². The molecular formula is C18H33IN4O3. The first-order chi connectivity index (χ1) is 12.1. The molecule has 0 aliphatic carbocycles. The molecule has 0 unspecified atom stereocenters. The SMILES string of the molecule is CN(C)C(=O)CN=C(NC1CCOCC1)N1CCC2(CCOCC2)C1.I. The van der Waals surface area contributed by atoms with Gasteiger partial charge in [0.1, 0.15) is 6.54 Å². The Morgan fingerprint density at radius 2 is 1.81 bits per heavy atom. The fourth-order valence-corrected chi connectivity index (χ4v) is 3.87. The highest BCUT2D eigenvalue weighted by atomic mass is 127. The van der Waals surface area contributed by atoms with Crippen molar-refractivity contribution >= 4 is 35.8 Å². The third kappa shape index (κ3) is 5.69. The Kier molecular flexibility index (Phi) is 8.41. The summed E-state index contributed by atoms with van der Waals surface area (Å²) in [6, 6.07) is 0.383. The number of ether oxygens (including phenoxy) is 2. The van der Waals surface area contributed by atoms with Crippen LogP contribution in [0.15, 0.2) is 4.99 Å². The van der Waals surface area contributed by atoms with Gasteiger partial charge in [-0.2, -0.15) is 0 Å². The zero-order valence-electron chi connectivity index (χ0n) is 16.0. The summed E-state index contributed by atoms with van der Waals surface area (Å²) >= 11 is 0. The van der Waals surface area contributed by atoms with Crippen molar-refractivity contribution in [2.24, 2.45) is 10.4 Å². The number of hydrogen-bond donors (Lipinski definition) is 1. The molecule has 0 aromatic heterocycles. The summed E-state index contributed by atoms with van der Waals surface area (Å²) in [4.78, 5) is 20.6. The highest BCUT2D eigenvalue weighted by Gasteiger charge is 2.40. The van der Waals surface area contributed by atoms with Gasteiger partial charge in [-0.3, -0.25) is 4.79 Å². The van der Waals surface area contributed by atoms with Crippen molar-refractivity contribution in [3.8, 4) is 0 Å². The molecule has 26 heavy (non-hydrogen) atoms. The van der Waals surface area contributed by atoms with Crippen molar-refractivity contribution in [2.75, 3.05) is 60.2 Å². The molecule has 0 radical (unpaired) electrons. The lowest BCUT2D eigenvalue weighted by molar-refractivity contribution is -0.127. The van der Waals surface area contributed by atoms with E-state index in [-0.39, 0.29) is 36.4 Å². The molecule has 3 aliphatic rings. The molecule has 0 saturated carbocycles. The number of aliphatic imine (C=N–C) groups is 1. The van der Waals surface area contributed by atoms with E-state index in [9.17, 15) is 4.79 Å². The summed E-state index contributed by atoms with van der Waals surface area (Å²) in [7, 11) is 3.55. The molecule has 3 fully saturated rings. The van der Waals surface area contributed by atoms with Gasteiger partial charge < -0.3 is 24.6 Å². The van der Waals surface area contributed by atoms with Crippen LogP contribution in [-0.2, 0) is 14.3 Å². The van der Waals surface area contributed by atoms with Crippen molar-refractivity contribution in [1.29, 1.82) is 0 Å². The van der Waals surface area contributed by atoms with E-state index in [4.69, 9.17) is 9.47 Å². The highest BCUT2D eigenvalue weighted by Crippen LogP contribution is 2.39. The third-order valence-electron chi connectivity index (χ3n) is 5.71. The summed E-state index contributed by atoms with van der Waals surface area (Å²) in [5, 5.41) is 3.61. The molecular weight excluding hydrogens is 447 g/mol. The zero-order chi connectivity index (χ0) is 17.7. The van der Waals surface area contributed by atoms with Gasteiger partial charge in [0.05, 0.1) is 0 Å². The van der Waals surface area contributed by atoms with Gasteiger partial charge in [0, 0.05) is 59.7 Å². The number of likely N-dealkylation sites (N-methyl/N-ethyl adjacent to an activating group) is 1. The number of halogens is 1. The number of nitrogens with one attached hydrogen (secondary N) is 1. The summed E-state index contributed by atoms with van der Waals surface area (Å²) in [6.45, 7) is 5.54. The topological polar surface area (TPSA) is 66.4 Å². The van der Waals surface area contributed by atoms with Crippen LogP contribution in [0.4, 0.5) is 0 Å². The Labute approximate surface area is 173 Å². The maximum Gasteiger partial charge on any atom is 0.243 e. The number of likely N-dealkylation sites (tertiary alicyclic amines) is 1. The smallest absolute Gasteiger partial charge is 0.243 e. The average molecular weight is 480 g/mol. The Morgan fingerprint density at radius 3 is 2.46 bits per heavy atom. The summed E-state index contributed by atoms with van der Waals surface area (Å²) in [5.41, 5.74) is 0.363. The molecule has 1 amide bonds. The predicted molar refractivity (Wildman–Crippen MR) is 112 cm³/mol. The van der Waals surface area contributed by atoms with Gasteiger partial charge >= 0.3 is 0 Å². The second kappa shape index (κ2) is 10.1. The zero-order valence-corrected chi connectivity index (χ0v) is 18.4. The normalized spacial score (nSPS) is 23.6. The fraction of sp³-hybridized carbons (Fsp3) is 0.889. The first-order valence-corrected chi connectivity index (χ1v) is 9.50. The van der Waals surface area contributed by atoms with Crippen molar-refractivity contribution < 1.29 is 14.3 Å². The highest BCUT2D eigenvalue weighted by molar-refractivity contribution is 14.0. The van der Waals surface area contributed by atoms with E-state index < -0.39 is 0 Å². The maximum absolute atomic E-state index is 12.0. The van der Waals surface area contributed by atoms with Crippen molar-refractivity contribution in [2.45, 2.75) is 38.1 Å². The maximum atomic E-state index is 12.0.